The first-order chi connectivity index (χ1) is 5.61. The zero-order valence-electron chi connectivity index (χ0n) is 7.53. The summed E-state index contributed by atoms with van der Waals surface area (Å²) < 4.78 is 0. The molecule has 1 heterocycles. The zero-order valence-corrected chi connectivity index (χ0v) is 7.53. The van der Waals surface area contributed by atoms with Crippen LogP contribution in [0.2, 0.25) is 0 Å². The molecule has 1 atom stereocenters. The van der Waals surface area contributed by atoms with E-state index in [1.165, 1.54) is 6.33 Å². The lowest BCUT2D eigenvalue weighted by molar-refractivity contribution is -0.118. The molecule has 0 saturated carbocycles. The van der Waals surface area contributed by atoms with Gasteiger partial charge in [-0.25, -0.2) is 9.97 Å². The Hall–Kier alpha value is -1.25. The molecule has 0 amide bonds. The summed E-state index contributed by atoms with van der Waals surface area (Å²) in [5.41, 5.74) is 1.70. The highest BCUT2D eigenvalue weighted by Crippen LogP contribution is 2.12. The van der Waals surface area contributed by atoms with E-state index in [4.69, 9.17) is 0 Å². The summed E-state index contributed by atoms with van der Waals surface area (Å²) in [5, 5.41) is 0. The summed E-state index contributed by atoms with van der Waals surface area (Å²) in [6.07, 6.45) is 1.49. The normalized spacial score (nSPS) is 12.6. The Balaban J connectivity index is 2.95. The van der Waals surface area contributed by atoms with Gasteiger partial charge in [0.15, 0.2) is 0 Å². The van der Waals surface area contributed by atoms with Crippen molar-refractivity contribution in [1.82, 2.24) is 9.97 Å². The molecule has 1 rings (SSSR count). The summed E-state index contributed by atoms with van der Waals surface area (Å²) in [5.74, 6) is 0.0137. The van der Waals surface area contributed by atoms with Gasteiger partial charge in [0.05, 0.1) is 11.6 Å². The van der Waals surface area contributed by atoms with E-state index in [2.05, 4.69) is 9.97 Å². The fourth-order valence-corrected chi connectivity index (χ4v) is 0.920. The fourth-order valence-electron chi connectivity index (χ4n) is 0.920. The Kier molecular flexibility index (Phi) is 2.53. The number of ketones is 1. The molecule has 0 radical (unpaired) electrons. The predicted octanol–water partition coefficient (Wildman–Crippen LogP) is 1.48. The van der Waals surface area contributed by atoms with Gasteiger partial charge in [-0.15, -0.1) is 0 Å². The molecule has 0 bridgehead atoms. The van der Waals surface area contributed by atoms with Crippen LogP contribution in [0.1, 0.15) is 31.2 Å². The molecule has 3 heteroatoms. The maximum absolute atomic E-state index is 11.0. The molecule has 0 aromatic carbocycles. The maximum Gasteiger partial charge on any atom is 0.138 e. The lowest BCUT2D eigenvalue weighted by Crippen LogP contribution is -2.06. The highest BCUT2D eigenvalue weighted by atomic mass is 16.1. The number of Topliss-reactive ketones (excluding diaryl/α,β-unsaturated/α-hetero) is 1. The monoisotopic (exact) mass is 164 g/mol. The summed E-state index contributed by atoms with van der Waals surface area (Å²) in [6.45, 7) is 5.31. The molecule has 0 aliphatic carbocycles. The molecule has 0 aliphatic heterocycles. The lowest BCUT2D eigenvalue weighted by Gasteiger charge is -2.05. The van der Waals surface area contributed by atoms with Gasteiger partial charge in [0, 0.05) is 5.69 Å². The second-order valence-corrected chi connectivity index (χ2v) is 2.92. The van der Waals surface area contributed by atoms with E-state index in [1.807, 2.05) is 19.9 Å². The average molecular weight is 164 g/mol. The van der Waals surface area contributed by atoms with Crippen molar-refractivity contribution >= 4 is 5.78 Å². The van der Waals surface area contributed by atoms with Gasteiger partial charge in [-0.05, 0) is 26.8 Å². The number of hydrogen-bond acceptors (Lipinski definition) is 3. The van der Waals surface area contributed by atoms with Crippen LogP contribution in [0.25, 0.3) is 0 Å². The fraction of sp³-hybridized carbons (Fsp3) is 0.444. The molecular formula is C9H12N2O. The van der Waals surface area contributed by atoms with Gasteiger partial charge in [-0.3, -0.25) is 4.79 Å². The molecular weight excluding hydrogens is 152 g/mol. The van der Waals surface area contributed by atoms with Crippen LogP contribution in [0.5, 0.6) is 0 Å². The molecule has 0 fully saturated rings. The van der Waals surface area contributed by atoms with E-state index < -0.39 is 0 Å². The Bertz CT molecular complexity index is 296. The minimum atomic E-state index is -0.119. The molecule has 0 spiro atoms. The van der Waals surface area contributed by atoms with Crippen molar-refractivity contribution in [3.05, 3.63) is 23.8 Å². The van der Waals surface area contributed by atoms with E-state index in [0.717, 1.165) is 11.4 Å². The number of nitrogens with zero attached hydrogens (tertiary/aromatic N) is 2. The van der Waals surface area contributed by atoms with Gasteiger partial charge >= 0.3 is 0 Å². The number of aromatic nitrogens is 2. The number of aryl methyl sites for hydroxylation is 1. The van der Waals surface area contributed by atoms with Crippen LogP contribution in [0.15, 0.2) is 12.4 Å². The van der Waals surface area contributed by atoms with Crippen molar-refractivity contribution in [2.24, 2.45) is 0 Å². The van der Waals surface area contributed by atoms with E-state index in [1.54, 1.807) is 6.92 Å². The van der Waals surface area contributed by atoms with E-state index >= 15 is 0 Å². The summed E-state index contributed by atoms with van der Waals surface area (Å²) in [6, 6.07) is 1.84. The van der Waals surface area contributed by atoms with Crippen LogP contribution in [-0.4, -0.2) is 15.8 Å². The SMILES string of the molecule is CC(=O)C(C)c1cc(C)ncn1. The maximum atomic E-state index is 11.0. The van der Waals surface area contributed by atoms with Crippen molar-refractivity contribution in [1.29, 1.82) is 0 Å². The van der Waals surface area contributed by atoms with Crippen molar-refractivity contribution < 1.29 is 4.79 Å². The zero-order chi connectivity index (χ0) is 9.14. The first-order valence-electron chi connectivity index (χ1n) is 3.90. The molecule has 0 saturated heterocycles. The molecule has 12 heavy (non-hydrogen) atoms. The minimum absolute atomic E-state index is 0.119. The van der Waals surface area contributed by atoms with Crippen LogP contribution in [-0.2, 0) is 4.79 Å². The molecule has 64 valence electrons. The molecule has 3 nitrogen and oxygen atoms in total. The Morgan fingerprint density at radius 1 is 1.50 bits per heavy atom. The van der Waals surface area contributed by atoms with E-state index in [0.29, 0.717) is 0 Å². The van der Waals surface area contributed by atoms with Crippen LogP contribution >= 0.6 is 0 Å². The molecule has 0 aliphatic rings. The van der Waals surface area contributed by atoms with Crippen LogP contribution in [0, 0.1) is 6.92 Å². The average Bonchev–Trinajstić information content (AvgIpc) is 2.03. The van der Waals surface area contributed by atoms with E-state index in [9.17, 15) is 4.79 Å². The third-order valence-corrected chi connectivity index (χ3v) is 1.88. The van der Waals surface area contributed by atoms with Gasteiger partial charge in [-0.2, -0.15) is 0 Å². The number of hydrogen-bond donors (Lipinski definition) is 0. The third-order valence-electron chi connectivity index (χ3n) is 1.88. The highest BCUT2D eigenvalue weighted by Gasteiger charge is 2.11. The number of rotatable bonds is 2. The van der Waals surface area contributed by atoms with Crippen molar-refractivity contribution in [3.8, 4) is 0 Å². The van der Waals surface area contributed by atoms with Gasteiger partial charge in [-0.1, -0.05) is 0 Å². The topological polar surface area (TPSA) is 42.9 Å². The van der Waals surface area contributed by atoms with Crippen LogP contribution in [0.4, 0.5) is 0 Å². The standard InChI is InChI=1S/C9H12N2O/c1-6-4-9(11-5-10-6)7(2)8(3)12/h4-5,7H,1-3H3. The highest BCUT2D eigenvalue weighted by molar-refractivity contribution is 5.82. The van der Waals surface area contributed by atoms with Crippen molar-refractivity contribution in [2.75, 3.05) is 0 Å². The first kappa shape index (κ1) is 8.84. The lowest BCUT2D eigenvalue weighted by atomic mass is 10.0. The molecule has 1 aromatic rings. The summed E-state index contributed by atoms with van der Waals surface area (Å²) >= 11 is 0. The molecule has 1 unspecified atom stereocenters. The first-order valence-corrected chi connectivity index (χ1v) is 3.90. The van der Waals surface area contributed by atoms with Gasteiger partial charge in [0.2, 0.25) is 0 Å². The summed E-state index contributed by atoms with van der Waals surface area (Å²) in [4.78, 5) is 19.0. The predicted molar refractivity (Wildman–Crippen MR) is 45.9 cm³/mol. The smallest absolute Gasteiger partial charge is 0.138 e. The third kappa shape index (κ3) is 1.87. The van der Waals surface area contributed by atoms with Gasteiger partial charge in [0.25, 0.3) is 0 Å². The molecule has 0 N–H and O–H groups in total. The van der Waals surface area contributed by atoms with E-state index in [-0.39, 0.29) is 11.7 Å². The van der Waals surface area contributed by atoms with Crippen LogP contribution < -0.4 is 0 Å². The van der Waals surface area contributed by atoms with Gasteiger partial charge < -0.3 is 0 Å². The van der Waals surface area contributed by atoms with Crippen LogP contribution in [0.3, 0.4) is 0 Å². The largest absolute Gasteiger partial charge is 0.299 e. The quantitative estimate of drug-likeness (QED) is 0.664. The minimum Gasteiger partial charge on any atom is -0.299 e. The molecule has 1 aromatic heterocycles. The Morgan fingerprint density at radius 2 is 2.17 bits per heavy atom. The summed E-state index contributed by atoms with van der Waals surface area (Å²) in [7, 11) is 0. The second kappa shape index (κ2) is 3.43. The Morgan fingerprint density at radius 3 is 2.67 bits per heavy atom. The van der Waals surface area contributed by atoms with Gasteiger partial charge in [0.1, 0.15) is 12.1 Å². The number of carbonyl (C=O) groups excluding carboxylic acids is 1. The number of carbonyl (C=O) groups is 1. The van der Waals surface area contributed by atoms with Crippen molar-refractivity contribution in [3.63, 3.8) is 0 Å². The Labute approximate surface area is 71.9 Å². The second-order valence-electron chi connectivity index (χ2n) is 2.92. The van der Waals surface area contributed by atoms with Crippen molar-refractivity contribution in [2.45, 2.75) is 26.7 Å².